The Morgan fingerprint density at radius 3 is 2.41 bits per heavy atom. The van der Waals surface area contributed by atoms with Crippen molar-refractivity contribution >= 4 is 37.5 Å². The first-order chi connectivity index (χ1) is 15.3. The molecule has 8 nitrogen and oxygen atoms in total. The van der Waals surface area contributed by atoms with Crippen molar-refractivity contribution in [3.8, 4) is 16.5 Å². The highest BCUT2D eigenvalue weighted by Crippen LogP contribution is 2.45. The third-order valence-electron chi connectivity index (χ3n) is 6.85. The van der Waals surface area contributed by atoms with E-state index in [0.717, 1.165) is 49.8 Å². The minimum atomic E-state index is 0.242. The van der Waals surface area contributed by atoms with Crippen molar-refractivity contribution in [2.75, 3.05) is 11.9 Å². The van der Waals surface area contributed by atoms with E-state index < -0.39 is 0 Å². The lowest BCUT2D eigenvalue weighted by Gasteiger charge is -2.45. The van der Waals surface area contributed by atoms with Gasteiger partial charge in [-0.2, -0.15) is 0 Å². The number of anilines is 1. The van der Waals surface area contributed by atoms with Gasteiger partial charge in [0.25, 0.3) is 0 Å². The van der Waals surface area contributed by atoms with E-state index in [0.29, 0.717) is 6.04 Å². The molecule has 10 heteroatoms. The normalized spacial score (nSPS) is 27.3. The van der Waals surface area contributed by atoms with E-state index in [1.165, 1.54) is 12.8 Å². The lowest BCUT2D eigenvalue weighted by Crippen LogP contribution is -2.58. The Labute approximate surface area is 194 Å². The molecular weight excluding hydrogens is 440 g/mol. The molecule has 4 aromatic heterocycles. The van der Waals surface area contributed by atoms with E-state index in [2.05, 4.69) is 46.1 Å². The highest BCUT2D eigenvalue weighted by Gasteiger charge is 2.49. The van der Waals surface area contributed by atoms with Crippen LogP contribution in [0.1, 0.15) is 45.2 Å². The van der Waals surface area contributed by atoms with Gasteiger partial charge in [-0.3, -0.25) is 4.57 Å². The predicted octanol–water partition coefficient (Wildman–Crippen LogP) is 4.20. The van der Waals surface area contributed by atoms with Crippen LogP contribution in [-0.2, 0) is 0 Å². The number of rotatable bonds is 4. The fourth-order valence-electron chi connectivity index (χ4n) is 5.26. The fraction of sp³-hybridized carbons (Fsp3) is 0.500. The van der Waals surface area contributed by atoms with Crippen molar-refractivity contribution in [3.05, 3.63) is 30.6 Å². The predicted molar refractivity (Wildman–Crippen MR) is 129 cm³/mol. The topological polar surface area (TPSA) is 84.7 Å². The van der Waals surface area contributed by atoms with E-state index in [4.69, 9.17) is 9.97 Å². The smallest absolute Gasteiger partial charge is 0.188 e. The van der Waals surface area contributed by atoms with E-state index in [1.807, 2.05) is 17.7 Å². The van der Waals surface area contributed by atoms with Gasteiger partial charge < -0.3 is 10.2 Å². The number of hydrogen-bond acceptors (Lipinski definition) is 9. The van der Waals surface area contributed by atoms with Crippen LogP contribution >= 0.6 is 22.7 Å². The first kappa shape index (κ1) is 20.2. The second-order valence-corrected chi connectivity index (χ2v) is 11.7. The Morgan fingerprint density at radius 1 is 1.03 bits per heavy atom. The van der Waals surface area contributed by atoms with E-state index in [-0.39, 0.29) is 11.1 Å². The van der Waals surface area contributed by atoms with Crippen LogP contribution in [0, 0.1) is 6.92 Å². The summed E-state index contributed by atoms with van der Waals surface area (Å²) in [5.41, 5.74) is 2.20. The van der Waals surface area contributed by atoms with Gasteiger partial charge in [0.15, 0.2) is 20.6 Å². The largest absolute Gasteiger partial charge is 0.348 e. The van der Waals surface area contributed by atoms with Crippen molar-refractivity contribution < 1.29 is 0 Å². The minimum absolute atomic E-state index is 0.242. The van der Waals surface area contributed by atoms with Gasteiger partial charge in [-0.05, 0) is 46.5 Å². The summed E-state index contributed by atoms with van der Waals surface area (Å²) >= 11 is 3.25. The molecule has 0 amide bonds. The number of fused-ring (bicyclic) bond motifs is 3. The van der Waals surface area contributed by atoms with E-state index >= 15 is 0 Å². The maximum atomic E-state index is 4.94. The van der Waals surface area contributed by atoms with Crippen molar-refractivity contribution in [1.29, 1.82) is 0 Å². The van der Waals surface area contributed by atoms with Crippen molar-refractivity contribution in [2.45, 2.75) is 63.6 Å². The Balaban J connectivity index is 1.23. The molecule has 0 aliphatic carbocycles. The average Bonchev–Trinajstić information content (AvgIpc) is 3.49. The molecule has 0 unspecified atom stereocenters. The number of piperidine rings is 1. The third-order valence-corrected chi connectivity index (χ3v) is 8.99. The molecule has 1 N–H and O–H groups in total. The Hall–Kier alpha value is -2.43. The molecule has 2 saturated heterocycles. The van der Waals surface area contributed by atoms with E-state index in [1.54, 1.807) is 41.4 Å². The molecule has 166 valence electrons. The molecule has 0 radical (unpaired) electrons. The first-order valence-electron chi connectivity index (χ1n) is 10.9. The first-order valence-corrected chi connectivity index (χ1v) is 12.6. The monoisotopic (exact) mass is 466 g/mol. The average molecular weight is 467 g/mol. The lowest BCUT2D eigenvalue weighted by atomic mass is 9.84. The van der Waals surface area contributed by atoms with Gasteiger partial charge in [0.2, 0.25) is 0 Å². The molecule has 2 fully saturated rings. The van der Waals surface area contributed by atoms with Gasteiger partial charge in [0.1, 0.15) is 17.0 Å². The van der Waals surface area contributed by atoms with Crippen LogP contribution in [0.5, 0.6) is 0 Å². The molecule has 3 atom stereocenters. The van der Waals surface area contributed by atoms with Gasteiger partial charge >= 0.3 is 0 Å². The van der Waals surface area contributed by atoms with E-state index in [9.17, 15) is 0 Å². The van der Waals surface area contributed by atoms with Gasteiger partial charge in [0.05, 0.1) is 18.1 Å². The van der Waals surface area contributed by atoms with Crippen LogP contribution < -0.4 is 10.2 Å². The zero-order valence-electron chi connectivity index (χ0n) is 18.7. The summed E-state index contributed by atoms with van der Waals surface area (Å²) in [6, 6.07) is 0.499. The minimum Gasteiger partial charge on any atom is -0.348 e. The molecule has 0 spiro atoms. The molecule has 32 heavy (non-hydrogen) atoms. The maximum absolute atomic E-state index is 4.94. The van der Waals surface area contributed by atoms with Crippen LogP contribution in [0.3, 0.4) is 0 Å². The Morgan fingerprint density at radius 2 is 1.78 bits per heavy atom. The molecule has 4 aromatic rings. The van der Waals surface area contributed by atoms with Crippen molar-refractivity contribution in [3.63, 3.8) is 0 Å². The zero-order chi connectivity index (χ0) is 22.1. The molecule has 2 aliphatic heterocycles. The number of imidazole rings is 1. The number of aromatic nitrogens is 6. The van der Waals surface area contributed by atoms with Crippen LogP contribution in [0.4, 0.5) is 5.13 Å². The van der Waals surface area contributed by atoms with Crippen LogP contribution in [0.2, 0.25) is 0 Å². The summed E-state index contributed by atoms with van der Waals surface area (Å²) in [5, 5.41) is 5.78. The standard InChI is InChI=1S/C22H26N8S2/c1-13-11-30(12-25-13)16-10-23-15(9-24-16)17-26-18-19(31-17)27-20(32-18)29(4)14-7-21(2)5-6-22(3,8-14)28-21/h9-12,14,28H,5-8H2,1-4H3/t14-,21-,22+. The summed E-state index contributed by atoms with van der Waals surface area (Å²) in [5.74, 6) is 0.744. The molecule has 0 aromatic carbocycles. The zero-order valence-corrected chi connectivity index (χ0v) is 20.3. The quantitative estimate of drug-likeness (QED) is 0.482. The summed E-state index contributed by atoms with van der Waals surface area (Å²) in [7, 11) is 2.19. The SMILES string of the molecule is Cc1cn(-c2cnc(-c3nc4sc(N(C)[C@H]5C[C@]6(C)CC[C@](C)(C5)N6)nc4s3)cn2)cn1. The fourth-order valence-corrected chi connectivity index (χ4v) is 7.29. The number of thiazole rings is 2. The number of aryl methyl sites for hydroxylation is 1. The highest BCUT2D eigenvalue weighted by molar-refractivity contribution is 7.29. The molecule has 2 aliphatic rings. The van der Waals surface area contributed by atoms with Crippen molar-refractivity contribution in [2.24, 2.45) is 0 Å². The van der Waals surface area contributed by atoms with Gasteiger partial charge in [-0.25, -0.2) is 24.9 Å². The second-order valence-electron chi connectivity index (χ2n) is 9.73. The van der Waals surface area contributed by atoms with Crippen molar-refractivity contribution in [1.82, 2.24) is 34.8 Å². The highest BCUT2D eigenvalue weighted by atomic mass is 32.1. The summed E-state index contributed by atoms with van der Waals surface area (Å²) in [6.07, 6.45) is 12.0. The van der Waals surface area contributed by atoms with Gasteiger partial charge in [-0.15, -0.1) is 0 Å². The number of hydrogen-bond donors (Lipinski definition) is 1. The van der Waals surface area contributed by atoms with Crippen LogP contribution in [0.25, 0.3) is 26.2 Å². The van der Waals surface area contributed by atoms with Crippen LogP contribution in [-0.4, -0.2) is 53.7 Å². The van der Waals surface area contributed by atoms with Crippen LogP contribution in [0.15, 0.2) is 24.9 Å². The number of nitrogens with zero attached hydrogens (tertiary/aromatic N) is 7. The maximum Gasteiger partial charge on any atom is 0.188 e. The second kappa shape index (κ2) is 7.03. The Bertz CT molecular complexity index is 1240. The Kier molecular flexibility index (Phi) is 4.44. The molecule has 6 heterocycles. The molecular formula is C22H26N8S2. The summed E-state index contributed by atoms with van der Waals surface area (Å²) < 4.78 is 1.87. The molecule has 2 bridgehead atoms. The molecule has 6 rings (SSSR count). The van der Waals surface area contributed by atoms with Gasteiger partial charge in [-0.1, -0.05) is 22.7 Å². The summed E-state index contributed by atoms with van der Waals surface area (Å²) in [4.78, 5) is 27.4. The summed E-state index contributed by atoms with van der Waals surface area (Å²) in [6.45, 7) is 6.69. The lowest BCUT2D eigenvalue weighted by molar-refractivity contribution is 0.208. The molecule has 0 saturated carbocycles. The number of nitrogens with one attached hydrogen (secondary N) is 1. The van der Waals surface area contributed by atoms with Gasteiger partial charge in [0, 0.05) is 30.4 Å². The third kappa shape index (κ3) is 3.41.